The smallest absolute Gasteiger partial charge is 0.254 e. The summed E-state index contributed by atoms with van der Waals surface area (Å²) in [5, 5.41) is 0. The molecule has 0 fully saturated rings. The maximum absolute atomic E-state index is 12.4. The predicted molar refractivity (Wildman–Crippen MR) is 71.9 cm³/mol. The molecule has 0 saturated carbocycles. The van der Waals surface area contributed by atoms with E-state index in [4.69, 9.17) is 5.73 Å². The van der Waals surface area contributed by atoms with E-state index in [0.717, 1.165) is 13.0 Å². The van der Waals surface area contributed by atoms with Gasteiger partial charge in [-0.25, -0.2) is 0 Å². The molecule has 0 radical (unpaired) electrons. The second-order valence-corrected chi connectivity index (χ2v) is 5.25. The van der Waals surface area contributed by atoms with Crippen LogP contribution in [-0.2, 0) is 0 Å². The van der Waals surface area contributed by atoms with Crippen molar-refractivity contribution in [3.05, 3.63) is 29.8 Å². The van der Waals surface area contributed by atoms with Gasteiger partial charge >= 0.3 is 0 Å². The van der Waals surface area contributed by atoms with Crippen LogP contribution in [0, 0.1) is 0 Å². The maximum Gasteiger partial charge on any atom is 0.254 e. The highest BCUT2D eigenvalue weighted by Gasteiger charge is 2.26. The van der Waals surface area contributed by atoms with E-state index >= 15 is 0 Å². The predicted octanol–water partition coefficient (Wildman–Crippen LogP) is 2.92. The quantitative estimate of drug-likeness (QED) is 0.817. The molecule has 1 rings (SSSR count). The molecule has 0 atom stereocenters. The zero-order valence-electron chi connectivity index (χ0n) is 11.2. The minimum absolute atomic E-state index is 0.0688. The van der Waals surface area contributed by atoms with Crippen LogP contribution >= 0.6 is 0 Å². The van der Waals surface area contributed by atoms with Crippen LogP contribution in [0.3, 0.4) is 0 Å². The van der Waals surface area contributed by atoms with Gasteiger partial charge in [-0.05, 0) is 51.5 Å². The van der Waals surface area contributed by atoms with Crippen LogP contribution in [-0.4, -0.2) is 22.9 Å². The molecular weight excluding hydrogens is 212 g/mol. The van der Waals surface area contributed by atoms with Gasteiger partial charge in [0.15, 0.2) is 0 Å². The molecule has 0 aliphatic rings. The normalized spacial score (nSPS) is 11.3. The molecule has 94 valence electrons. The second-order valence-electron chi connectivity index (χ2n) is 5.25. The van der Waals surface area contributed by atoms with E-state index < -0.39 is 0 Å². The van der Waals surface area contributed by atoms with Gasteiger partial charge in [0.05, 0.1) is 0 Å². The number of rotatable bonds is 3. The van der Waals surface area contributed by atoms with Crippen molar-refractivity contribution in [1.29, 1.82) is 0 Å². The van der Waals surface area contributed by atoms with Crippen LogP contribution in [0.2, 0.25) is 0 Å². The topological polar surface area (TPSA) is 46.3 Å². The molecule has 3 nitrogen and oxygen atoms in total. The fourth-order valence-electron chi connectivity index (χ4n) is 1.75. The van der Waals surface area contributed by atoms with Gasteiger partial charge in [-0.2, -0.15) is 0 Å². The third kappa shape index (κ3) is 3.48. The monoisotopic (exact) mass is 234 g/mol. The standard InChI is InChI=1S/C14H22N2O/c1-5-10-16(14(2,3)4)13(17)11-6-8-12(15)9-7-11/h6-9H,5,10,15H2,1-4H3. The lowest BCUT2D eigenvalue weighted by atomic mass is 10.0. The number of hydrogen-bond acceptors (Lipinski definition) is 2. The number of nitrogen functional groups attached to an aromatic ring is 1. The lowest BCUT2D eigenvalue weighted by Gasteiger charge is -2.35. The maximum atomic E-state index is 12.4. The Hall–Kier alpha value is -1.51. The van der Waals surface area contributed by atoms with Crippen molar-refractivity contribution in [2.45, 2.75) is 39.7 Å². The van der Waals surface area contributed by atoms with Gasteiger partial charge in [0.2, 0.25) is 0 Å². The first-order chi connectivity index (χ1) is 7.86. The third-order valence-electron chi connectivity index (χ3n) is 2.66. The van der Waals surface area contributed by atoms with E-state index in [1.807, 2.05) is 4.90 Å². The van der Waals surface area contributed by atoms with Crippen molar-refractivity contribution < 1.29 is 4.79 Å². The van der Waals surface area contributed by atoms with E-state index in [1.54, 1.807) is 24.3 Å². The zero-order valence-corrected chi connectivity index (χ0v) is 11.2. The number of amides is 1. The number of carbonyl (C=O) groups excluding carboxylic acids is 1. The van der Waals surface area contributed by atoms with E-state index in [0.29, 0.717) is 11.3 Å². The molecule has 0 heterocycles. The largest absolute Gasteiger partial charge is 0.399 e. The van der Waals surface area contributed by atoms with Crippen molar-refractivity contribution >= 4 is 11.6 Å². The molecule has 0 saturated heterocycles. The highest BCUT2D eigenvalue weighted by Crippen LogP contribution is 2.18. The third-order valence-corrected chi connectivity index (χ3v) is 2.66. The Bertz CT molecular complexity index is 376. The van der Waals surface area contributed by atoms with Crippen LogP contribution in [0.5, 0.6) is 0 Å². The fourth-order valence-corrected chi connectivity index (χ4v) is 1.75. The molecule has 3 heteroatoms. The average Bonchev–Trinajstić information content (AvgIpc) is 2.24. The van der Waals surface area contributed by atoms with Crippen molar-refractivity contribution in [3.63, 3.8) is 0 Å². The number of hydrogen-bond donors (Lipinski definition) is 1. The number of nitrogens with two attached hydrogens (primary N) is 1. The highest BCUT2D eigenvalue weighted by atomic mass is 16.2. The first kappa shape index (κ1) is 13.6. The number of carbonyl (C=O) groups is 1. The van der Waals surface area contributed by atoms with Gasteiger partial charge in [-0.1, -0.05) is 6.92 Å². The SMILES string of the molecule is CCCN(C(=O)c1ccc(N)cc1)C(C)(C)C. The average molecular weight is 234 g/mol. The van der Waals surface area contributed by atoms with Crippen LogP contribution < -0.4 is 5.73 Å². The molecule has 0 aromatic heterocycles. The van der Waals surface area contributed by atoms with Crippen molar-refractivity contribution in [2.75, 3.05) is 12.3 Å². The molecule has 0 spiro atoms. The lowest BCUT2D eigenvalue weighted by molar-refractivity contribution is 0.0583. The van der Waals surface area contributed by atoms with Gasteiger partial charge in [0, 0.05) is 23.3 Å². The van der Waals surface area contributed by atoms with Crippen LogP contribution in [0.4, 0.5) is 5.69 Å². The summed E-state index contributed by atoms with van der Waals surface area (Å²) in [7, 11) is 0. The summed E-state index contributed by atoms with van der Waals surface area (Å²) in [6.45, 7) is 9.01. The van der Waals surface area contributed by atoms with Crippen molar-refractivity contribution in [3.8, 4) is 0 Å². The van der Waals surface area contributed by atoms with Crippen molar-refractivity contribution in [2.24, 2.45) is 0 Å². The lowest BCUT2D eigenvalue weighted by Crippen LogP contribution is -2.46. The molecule has 2 N–H and O–H groups in total. The molecule has 0 unspecified atom stereocenters. The summed E-state index contributed by atoms with van der Waals surface area (Å²) < 4.78 is 0. The first-order valence-electron chi connectivity index (χ1n) is 6.03. The van der Waals surface area contributed by atoms with E-state index in [2.05, 4.69) is 27.7 Å². The Morgan fingerprint density at radius 1 is 1.24 bits per heavy atom. The highest BCUT2D eigenvalue weighted by molar-refractivity contribution is 5.95. The van der Waals surface area contributed by atoms with Crippen LogP contribution in [0.1, 0.15) is 44.5 Å². The number of anilines is 1. The molecule has 0 bridgehead atoms. The Morgan fingerprint density at radius 3 is 2.18 bits per heavy atom. The minimum atomic E-state index is -0.158. The molecule has 1 aromatic rings. The summed E-state index contributed by atoms with van der Waals surface area (Å²) >= 11 is 0. The summed E-state index contributed by atoms with van der Waals surface area (Å²) in [4.78, 5) is 14.3. The number of benzene rings is 1. The summed E-state index contributed by atoms with van der Waals surface area (Å²) in [6, 6.07) is 7.10. The molecule has 0 aliphatic carbocycles. The van der Waals surface area contributed by atoms with Gasteiger partial charge < -0.3 is 10.6 Å². The Balaban J connectivity index is 2.96. The second kappa shape index (κ2) is 5.21. The molecule has 0 aliphatic heterocycles. The molecule has 1 amide bonds. The van der Waals surface area contributed by atoms with E-state index in [9.17, 15) is 4.79 Å². The van der Waals surface area contributed by atoms with Gasteiger partial charge in [-0.15, -0.1) is 0 Å². The Kier molecular flexibility index (Phi) is 4.16. The molecule has 17 heavy (non-hydrogen) atoms. The Morgan fingerprint density at radius 2 is 1.76 bits per heavy atom. The zero-order chi connectivity index (χ0) is 13.1. The van der Waals surface area contributed by atoms with Crippen molar-refractivity contribution in [1.82, 2.24) is 4.90 Å². The van der Waals surface area contributed by atoms with Gasteiger partial charge in [-0.3, -0.25) is 4.79 Å². The first-order valence-corrected chi connectivity index (χ1v) is 6.03. The van der Waals surface area contributed by atoms with Crippen LogP contribution in [0.25, 0.3) is 0 Å². The molecular formula is C14H22N2O. The summed E-state index contributed by atoms with van der Waals surface area (Å²) in [5.74, 6) is 0.0688. The minimum Gasteiger partial charge on any atom is -0.399 e. The van der Waals surface area contributed by atoms with Crippen LogP contribution in [0.15, 0.2) is 24.3 Å². The van der Waals surface area contributed by atoms with E-state index in [-0.39, 0.29) is 11.4 Å². The number of nitrogens with zero attached hydrogens (tertiary/aromatic N) is 1. The van der Waals surface area contributed by atoms with Gasteiger partial charge in [0.1, 0.15) is 0 Å². The Labute approximate surface area is 104 Å². The summed E-state index contributed by atoms with van der Waals surface area (Å²) in [5.41, 5.74) is 6.84. The summed E-state index contributed by atoms with van der Waals surface area (Å²) in [6.07, 6.45) is 0.956. The van der Waals surface area contributed by atoms with E-state index in [1.165, 1.54) is 0 Å². The molecule has 1 aromatic carbocycles. The fraction of sp³-hybridized carbons (Fsp3) is 0.500. The van der Waals surface area contributed by atoms with Gasteiger partial charge in [0.25, 0.3) is 5.91 Å².